The van der Waals surface area contributed by atoms with Crippen molar-refractivity contribution in [1.29, 1.82) is 0 Å². The standard InChI is InChI=1S/C11H15N3O/c1-9(8-15)12-6-10-7-13-11-4-2-3-5-14(10)11/h2-5,7,9,12,15H,6,8H2,1H3. The van der Waals surface area contributed by atoms with Crippen molar-refractivity contribution in [3.05, 3.63) is 36.3 Å². The van der Waals surface area contributed by atoms with Gasteiger partial charge in [0, 0.05) is 18.8 Å². The third kappa shape index (κ3) is 2.16. The molecule has 0 aliphatic carbocycles. The van der Waals surface area contributed by atoms with Crippen LogP contribution in [0.2, 0.25) is 0 Å². The van der Waals surface area contributed by atoms with Crippen LogP contribution in [0.3, 0.4) is 0 Å². The maximum Gasteiger partial charge on any atom is 0.136 e. The largest absolute Gasteiger partial charge is 0.395 e. The molecule has 4 heteroatoms. The fraction of sp³-hybridized carbons (Fsp3) is 0.364. The number of nitrogens with zero attached hydrogens (tertiary/aromatic N) is 2. The highest BCUT2D eigenvalue weighted by Crippen LogP contribution is 2.05. The second-order valence-electron chi connectivity index (χ2n) is 3.64. The highest BCUT2D eigenvalue weighted by molar-refractivity contribution is 5.39. The molecule has 1 atom stereocenters. The summed E-state index contributed by atoms with van der Waals surface area (Å²) in [5.41, 5.74) is 2.05. The summed E-state index contributed by atoms with van der Waals surface area (Å²) in [5, 5.41) is 12.1. The van der Waals surface area contributed by atoms with Gasteiger partial charge in [-0.15, -0.1) is 0 Å². The maximum atomic E-state index is 8.89. The number of aromatic nitrogens is 2. The second-order valence-corrected chi connectivity index (χ2v) is 3.64. The number of rotatable bonds is 4. The molecule has 0 bridgehead atoms. The smallest absolute Gasteiger partial charge is 0.136 e. The summed E-state index contributed by atoms with van der Waals surface area (Å²) in [6, 6.07) is 6.03. The van der Waals surface area contributed by atoms with Gasteiger partial charge in [-0.1, -0.05) is 6.07 Å². The predicted molar refractivity (Wildman–Crippen MR) is 58.6 cm³/mol. The minimum atomic E-state index is 0.110. The van der Waals surface area contributed by atoms with Gasteiger partial charge >= 0.3 is 0 Å². The molecule has 0 spiro atoms. The lowest BCUT2D eigenvalue weighted by Crippen LogP contribution is -2.29. The Bertz CT molecular complexity index is 438. The zero-order valence-corrected chi connectivity index (χ0v) is 8.72. The van der Waals surface area contributed by atoms with Crippen LogP contribution in [0.1, 0.15) is 12.6 Å². The molecule has 0 radical (unpaired) electrons. The molecule has 15 heavy (non-hydrogen) atoms. The molecule has 1 unspecified atom stereocenters. The van der Waals surface area contributed by atoms with Gasteiger partial charge in [-0.05, 0) is 19.1 Å². The number of hydrogen-bond donors (Lipinski definition) is 2. The summed E-state index contributed by atoms with van der Waals surface area (Å²) in [7, 11) is 0. The van der Waals surface area contributed by atoms with E-state index in [-0.39, 0.29) is 12.6 Å². The topological polar surface area (TPSA) is 49.6 Å². The molecule has 0 amide bonds. The Morgan fingerprint density at radius 1 is 1.53 bits per heavy atom. The SMILES string of the molecule is CC(CO)NCc1cnc2ccccn12. The second kappa shape index (κ2) is 4.42. The summed E-state index contributed by atoms with van der Waals surface area (Å²) in [4.78, 5) is 4.28. The molecule has 0 saturated heterocycles. The number of hydrogen-bond acceptors (Lipinski definition) is 3. The van der Waals surface area contributed by atoms with Gasteiger partial charge in [0.2, 0.25) is 0 Å². The van der Waals surface area contributed by atoms with E-state index < -0.39 is 0 Å². The summed E-state index contributed by atoms with van der Waals surface area (Å²) in [5.74, 6) is 0. The van der Waals surface area contributed by atoms with Crippen LogP contribution >= 0.6 is 0 Å². The van der Waals surface area contributed by atoms with Crippen LogP contribution in [0.4, 0.5) is 0 Å². The molecule has 0 fully saturated rings. The zero-order valence-electron chi connectivity index (χ0n) is 8.72. The van der Waals surface area contributed by atoms with E-state index in [0.29, 0.717) is 6.54 Å². The minimum Gasteiger partial charge on any atom is -0.395 e. The molecule has 2 N–H and O–H groups in total. The van der Waals surface area contributed by atoms with Gasteiger partial charge in [0.25, 0.3) is 0 Å². The van der Waals surface area contributed by atoms with E-state index in [9.17, 15) is 0 Å². The molecule has 2 aromatic heterocycles. The average Bonchev–Trinajstić information content (AvgIpc) is 2.69. The molecule has 2 rings (SSSR count). The van der Waals surface area contributed by atoms with Crippen LogP contribution in [-0.2, 0) is 6.54 Å². The number of pyridine rings is 1. The van der Waals surface area contributed by atoms with Crippen LogP contribution in [0.25, 0.3) is 5.65 Å². The lowest BCUT2D eigenvalue weighted by atomic mass is 10.3. The van der Waals surface area contributed by atoms with Gasteiger partial charge in [0.05, 0.1) is 18.5 Å². The van der Waals surface area contributed by atoms with E-state index in [1.165, 1.54) is 0 Å². The summed E-state index contributed by atoms with van der Waals surface area (Å²) >= 11 is 0. The molecular formula is C11H15N3O. The highest BCUT2D eigenvalue weighted by Gasteiger charge is 2.03. The van der Waals surface area contributed by atoms with Crippen LogP contribution in [0, 0.1) is 0 Å². The summed E-state index contributed by atoms with van der Waals surface area (Å²) in [6.45, 7) is 2.81. The molecule has 0 aliphatic rings. The Hall–Kier alpha value is -1.39. The monoisotopic (exact) mass is 205 g/mol. The van der Waals surface area contributed by atoms with Gasteiger partial charge in [0.15, 0.2) is 0 Å². The molecule has 2 aromatic rings. The first kappa shape index (κ1) is 10.1. The van der Waals surface area contributed by atoms with Gasteiger partial charge < -0.3 is 14.8 Å². The summed E-state index contributed by atoms with van der Waals surface area (Å²) in [6.07, 6.45) is 3.84. The number of aliphatic hydroxyl groups is 1. The minimum absolute atomic E-state index is 0.110. The van der Waals surface area contributed by atoms with Crippen molar-refractivity contribution in [1.82, 2.24) is 14.7 Å². The van der Waals surface area contributed by atoms with Crippen molar-refractivity contribution >= 4 is 5.65 Å². The average molecular weight is 205 g/mol. The van der Waals surface area contributed by atoms with Crippen molar-refractivity contribution in [2.24, 2.45) is 0 Å². The van der Waals surface area contributed by atoms with Crippen molar-refractivity contribution in [3.8, 4) is 0 Å². The Labute approximate surface area is 88.6 Å². The summed E-state index contributed by atoms with van der Waals surface area (Å²) < 4.78 is 2.04. The predicted octanol–water partition coefficient (Wildman–Crippen LogP) is 0.805. The lowest BCUT2D eigenvalue weighted by Gasteiger charge is -2.09. The number of aliphatic hydroxyl groups excluding tert-OH is 1. The number of fused-ring (bicyclic) bond motifs is 1. The van der Waals surface area contributed by atoms with Crippen LogP contribution in [0.15, 0.2) is 30.6 Å². The molecule has 4 nitrogen and oxygen atoms in total. The van der Waals surface area contributed by atoms with Crippen molar-refractivity contribution in [3.63, 3.8) is 0 Å². The van der Waals surface area contributed by atoms with Crippen molar-refractivity contribution in [2.75, 3.05) is 6.61 Å². The molecular weight excluding hydrogens is 190 g/mol. The first-order valence-electron chi connectivity index (χ1n) is 5.06. The van der Waals surface area contributed by atoms with E-state index in [0.717, 1.165) is 11.3 Å². The maximum absolute atomic E-state index is 8.89. The normalized spacial score (nSPS) is 13.2. The fourth-order valence-electron chi connectivity index (χ4n) is 1.46. The molecule has 0 saturated carbocycles. The molecule has 0 aliphatic heterocycles. The first-order chi connectivity index (χ1) is 7.31. The van der Waals surface area contributed by atoms with E-state index >= 15 is 0 Å². The third-order valence-electron chi connectivity index (χ3n) is 2.40. The number of nitrogens with one attached hydrogen (secondary N) is 1. The Morgan fingerprint density at radius 3 is 3.20 bits per heavy atom. The molecule has 2 heterocycles. The Kier molecular flexibility index (Phi) is 2.99. The third-order valence-corrected chi connectivity index (χ3v) is 2.40. The quantitative estimate of drug-likeness (QED) is 0.776. The van der Waals surface area contributed by atoms with Crippen LogP contribution < -0.4 is 5.32 Å². The van der Waals surface area contributed by atoms with Crippen molar-refractivity contribution < 1.29 is 5.11 Å². The van der Waals surface area contributed by atoms with Crippen molar-refractivity contribution in [2.45, 2.75) is 19.5 Å². The van der Waals surface area contributed by atoms with Gasteiger partial charge in [-0.25, -0.2) is 4.98 Å². The van der Waals surface area contributed by atoms with E-state index in [1.54, 1.807) is 0 Å². The fourth-order valence-corrected chi connectivity index (χ4v) is 1.46. The lowest BCUT2D eigenvalue weighted by molar-refractivity contribution is 0.250. The Balaban J connectivity index is 2.14. The van der Waals surface area contributed by atoms with E-state index in [4.69, 9.17) is 5.11 Å². The van der Waals surface area contributed by atoms with Gasteiger partial charge in [0.1, 0.15) is 5.65 Å². The molecule has 80 valence electrons. The van der Waals surface area contributed by atoms with Gasteiger partial charge in [-0.3, -0.25) is 0 Å². The van der Waals surface area contributed by atoms with Crippen LogP contribution in [-0.4, -0.2) is 27.1 Å². The number of imidazole rings is 1. The van der Waals surface area contributed by atoms with E-state index in [2.05, 4.69) is 10.3 Å². The first-order valence-corrected chi connectivity index (χ1v) is 5.06. The van der Waals surface area contributed by atoms with Gasteiger partial charge in [-0.2, -0.15) is 0 Å². The highest BCUT2D eigenvalue weighted by atomic mass is 16.3. The molecule has 0 aromatic carbocycles. The zero-order chi connectivity index (χ0) is 10.7. The van der Waals surface area contributed by atoms with Crippen LogP contribution in [0.5, 0.6) is 0 Å². The van der Waals surface area contributed by atoms with E-state index in [1.807, 2.05) is 41.9 Å². The Morgan fingerprint density at radius 2 is 2.40 bits per heavy atom.